The molecule has 0 aliphatic carbocycles. The predicted molar refractivity (Wildman–Crippen MR) is 159 cm³/mol. The molecule has 0 bridgehead atoms. The SMILES string of the molecule is CCCCNC(=O)[C@H](Cc1ccccc1)N(Cc1cccc(Cl)c1)C(=O)CN(c1cccc([N+](=O)[O-])c1)S(C)(=O)=O. The zero-order valence-electron chi connectivity index (χ0n) is 22.9. The van der Waals surface area contributed by atoms with Crippen LogP contribution in [0.2, 0.25) is 5.02 Å². The summed E-state index contributed by atoms with van der Waals surface area (Å²) in [6.45, 7) is 1.72. The summed E-state index contributed by atoms with van der Waals surface area (Å²) in [6.07, 6.45) is 2.71. The Morgan fingerprint density at radius 1 is 1.00 bits per heavy atom. The van der Waals surface area contributed by atoms with E-state index in [1.807, 2.05) is 37.3 Å². The van der Waals surface area contributed by atoms with Crippen molar-refractivity contribution in [3.63, 3.8) is 0 Å². The summed E-state index contributed by atoms with van der Waals surface area (Å²) in [7, 11) is -4.05. The molecule has 3 rings (SSSR count). The third-order valence-corrected chi connectivity index (χ3v) is 7.73. The zero-order valence-corrected chi connectivity index (χ0v) is 24.5. The minimum absolute atomic E-state index is 0.0232. The molecule has 0 spiro atoms. The fraction of sp³-hybridized carbons (Fsp3) is 0.310. The van der Waals surface area contributed by atoms with E-state index in [0.717, 1.165) is 35.0 Å². The number of carbonyl (C=O) groups excluding carboxylic acids is 2. The normalized spacial score (nSPS) is 11.9. The second-order valence-electron chi connectivity index (χ2n) is 9.55. The zero-order chi connectivity index (χ0) is 30.0. The molecule has 0 aliphatic heterocycles. The van der Waals surface area contributed by atoms with E-state index in [4.69, 9.17) is 11.6 Å². The quantitative estimate of drug-likeness (QED) is 0.164. The molecular weight excluding hydrogens is 568 g/mol. The standard InChI is InChI=1S/C29H33ClN4O6S/c1-3-4-16-31-29(36)27(18-22-10-6-5-7-11-22)32(20-23-12-8-13-24(30)17-23)28(35)21-33(41(2,39)40)25-14-9-15-26(19-25)34(37)38/h5-15,17,19,27H,3-4,16,18,20-21H2,1-2H3,(H,31,36)/t27-/m0/s1. The van der Waals surface area contributed by atoms with E-state index in [1.165, 1.54) is 23.1 Å². The maximum absolute atomic E-state index is 14.0. The number of hydrogen-bond donors (Lipinski definition) is 1. The Morgan fingerprint density at radius 2 is 1.68 bits per heavy atom. The molecule has 2 amide bonds. The van der Waals surface area contributed by atoms with Crippen LogP contribution in [0.1, 0.15) is 30.9 Å². The number of carbonyl (C=O) groups is 2. The van der Waals surface area contributed by atoms with Crippen molar-refractivity contribution in [2.24, 2.45) is 0 Å². The van der Waals surface area contributed by atoms with Crippen LogP contribution in [0.5, 0.6) is 0 Å². The molecule has 1 atom stereocenters. The Bertz CT molecular complexity index is 1470. The van der Waals surface area contributed by atoms with Gasteiger partial charge in [-0.1, -0.05) is 73.5 Å². The highest BCUT2D eigenvalue weighted by atomic mass is 35.5. The molecule has 0 fully saturated rings. The van der Waals surface area contributed by atoms with Crippen LogP contribution in [0.4, 0.5) is 11.4 Å². The molecule has 3 aromatic carbocycles. The van der Waals surface area contributed by atoms with E-state index in [0.29, 0.717) is 17.1 Å². The number of anilines is 1. The van der Waals surface area contributed by atoms with Gasteiger partial charge in [-0.25, -0.2) is 8.42 Å². The fourth-order valence-corrected chi connectivity index (χ4v) is 5.32. The lowest BCUT2D eigenvalue weighted by atomic mass is 10.0. The lowest BCUT2D eigenvalue weighted by Crippen LogP contribution is -2.53. The molecule has 10 nitrogen and oxygen atoms in total. The molecule has 218 valence electrons. The first kappa shape index (κ1) is 31.6. The number of unbranched alkanes of at least 4 members (excludes halogenated alkanes) is 1. The van der Waals surface area contributed by atoms with E-state index in [9.17, 15) is 28.1 Å². The van der Waals surface area contributed by atoms with Crippen molar-refractivity contribution in [2.75, 3.05) is 23.7 Å². The fourth-order valence-electron chi connectivity index (χ4n) is 4.27. The van der Waals surface area contributed by atoms with E-state index in [2.05, 4.69) is 5.32 Å². The topological polar surface area (TPSA) is 130 Å². The van der Waals surface area contributed by atoms with Gasteiger partial charge in [-0.2, -0.15) is 0 Å². The molecule has 0 radical (unpaired) electrons. The molecule has 0 heterocycles. The van der Waals surface area contributed by atoms with Crippen LogP contribution in [0.25, 0.3) is 0 Å². The molecule has 1 N–H and O–H groups in total. The average molecular weight is 601 g/mol. The number of benzene rings is 3. The Labute approximate surface area is 245 Å². The summed E-state index contributed by atoms with van der Waals surface area (Å²) < 4.78 is 26.5. The van der Waals surface area contributed by atoms with Gasteiger partial charge in [0.1, 0.15) is 12.6 Å². The average Bonchev–Trinajstić information content (AvgIpc) is 2.93. The monoisotopic (exact) mass is 600 g/mol. The molecule has 0 saturated carbocycles. The Morgan fingerprint density at radius 3 is 2.32 bits per heavy atom. The van der Waals surface area contributed by atoms with E-state index in [-0.39, 0.29) is 30.2 Å². The first-order chi connectivity index (χ1) is 19.5. The van der Waals surface area contributed by atoms with Crippen molar-refractivity contribution in [3.05, 3.63) is 105 Å². The van der Waals surface area contributed by atoms with E-state index in [1.54, 1.807) is 24.3 Å². The summed E-state index contributed by atoms with van der Waals surface area (Å²) in [5, 5.41) is 14.7. The van der Waals surface area contributed by atoms with Crippen molar-refractivity contribution in [3.8, 4) is 0 Å². The number of sulfonamides is 1. The third kappa shape index (κ3) is 9.29. The van der Waals surface area contributed by atoms with Crippen LogP contribution >= 0.6 is 11.6 Å². The highest BCUT2D eigenvalue weighted by Gasteiger charge is 2.33. The van der Waals surface area contributed by atoms with Crippen LogP contribution in [0.15, 0.2) is 78.9 Å². The molecule has 0 aliphatic rings. The highest BCUT2D eigenvalue weighted by molar-refractivity contribution is 7.92. The third-order valence-electron chi connectivity index (χ3n) is 6.35. The Hall–Kier alpha value is -3.96. The summed E-state index contributed by atoms with van der Waals surface area (Å²) in [5.74, 6) is -1.03. The summed E-state index contributed by atoms with van der Waals surface area (Å²) >= 11 is 6.20. The minimum atomic E-state index is -4.05. The van der Waals surface area contributed by atoms with E-state index >= 15 is 0 Å². The number of nitrogens with zero attached hydrogens (tertiary/aromatic N) is 3. The first-order valence-electron chi connectivity index (χ1n) is 13.1. The molecule has 0 unspecified atom stereocenters. The van der Waals surface area contributed by atoms with Crippen molar-refractivity contribution >= 4 is 44.8 Å². The molecule has 3 aromatic rings. The van der Waals surface area contributed by atoms with Gasteiger partial charge in [-0.15, -0.1) is 0 Å². The lowest BCUT2D eigenvalue weighted by molar-refractivity contribution is -0.384. The Balaban J connectivity index is 2.05. The molecule has 41 heavy (non-hydrogen) atoms. The number of hydrogen-bond acceptors (Lipinski definition) is 6. The van der Waals surface area contributed by atoms with Crippen LogP contribution in [-0.2, 0) is 32.6 Å². The van der Waals surface area contributed by atoms with Gasteiger partial charge in [0, 0.05) is 36.7 Å². The van der Waals surface area contributed by atoms with Gasteiger partial charge in [-0.05, 0) is 35.7 Å². The van der Waals surface area contributed by atoms with Gasteiger partial charge in [0.2, 0.25) is 21.8 Å². The largest absolute Gasteiger partial charge is 0.354 e. The second kappa shape index (κ2) is 14.6. The second-order valence-corrected chi connectivity index (χ2v) is 11.9. The van der Waals surface area contributed by atoms with Crippen molar-refractivity contribution in [1.82, 2.24) is 10.2 Å². The predicted octanol–water partition coefficient (Wildman–Crippen LogP) is 4.57. The van der Waals surface area contributed by atoms with Gasteiger partial charge in [0.05, 0.1) is 16.9 Å². The van der Waals surface area contributed by atoms with Crippen molar-refractivity contribution in [1.29, 1.82) is 0 Å². The van der Waals surface area contributed by atoms with Crippen LogP contribution in [0, 0.1) is 10.1 Å². The van der Waals surface area contributed by atoms with Gasteiger partial charge >= 0.3 is 0 Å². The maximum Gasteiger partial charge on any atom is 0.271 e. The number of halogens is 1. The van der Waals surface area contributed by atoms with Crippen molar-refractivity contribution in [2.45, 2.75) is 38.8 Å². The number of rotatable bonds is 14. The maximum atomic E-state index is 14.0. The number of amides is 2. The lowest BCUT2D eigenvalue weighted by Gasteiger charge is -2.33. The summed E-state index contributed by atoms with van der Waals surface area (Å²) in [5.41, 5.74) is 1.10. The number of nitro groups is 1. The van der Waals surface area contributed by atoms with Crippen molar-refractivity contribution < 1.29 is 22.9 Å². The molecule has 12 heteroatoms. The van der Waals surface area contributed by atoms with Crippen LogP contribution < -0.4 is 9.62 Å². The van der Waals surface area contributed by atoms with Crippen LogP contribution in [-0.4, -0.2) is 55.4 Å². The molecular formula is C29H33ClN4O6S. The Kier molecular flexibility index (Phi) is 11.2. The molecule has 0 saturated heterocycles. The number of nitro benzene ring substituents is 1. The number of nitrogens with one attached hydrogen (secondary N) is 1. The smallest absolute Gasteiger partial charge is 0.271 e. The van der Waals surface area contributed by atoms with Gasteiger partial charge in [0.25, 0.3) is 5.69 Å². The first-order valence-corrected chi connectivity index (χ1v) is 15.3. The van der Waals surface area contributed by atoms with Crippen LogP contribution in [0.3, 0.4) is 0 Å². The molecule has 0 aromatic heterocycles. The number of non-ortho nitro benzene ring substituents is 1. The minimum Gasteiger partial charge on any atom is -0.354 e. The van der Waals surface area contributed by atoms with E-state index < -0.39 is 33.4 Å². The van der Waals surface area contributed by atoms with Gasteiger partial charge in [-0.3, -0.25) is 24.0 Å². The van der Waals surface area contributed by atoms with Gasteiger partial charge in [0.15, 0.2) is 0 Å². The summed E-state index contributed by atoms with van der Waals surface area (Å²) in [6, 6.07) is 20.1. The highest BCUT2D eigenvalue weighted by Crippen LogP contribution is 2.24. The summed E-state index contributed by atoms with van der Waals surface area (Å²) in [4.78, 5) is 39.6. The van der Waals surface area contributed by atoms with Gasteiger partial charge < -0.3 is 10.2 Å².